The Labute approximate surface area is 123 Å². The van der Waals surface area contributed by atoms with Crippen molar-refractivity contribution >= 4 is 23.4 Å². The molecule has 0 unspecified atom stereocenters. The lowest BCUT2D eigenvalue weighted by Gasteiger charge is -2.24. The standard InChI is InChI=1S/C15H18N2O2S/c1-2-20-14-5-3-4-13(12(14)8-16)17(10-15(18)19)9-11-6-7-11/h3-5,11H,2,6-7,9-10H2,1H3,(H,18,19). The van der Waals surface area contributed by atoms with Crippen molar-refractivity contribution in [2.24, 2.45) is 5.92 Å². The quantitative estimate of drug-likeness (QED) is 0.782. The molecule has 0 atom stereocenters. The predicted molar refractivity (Wildman–Crippen MR) is 80.1 cm³/mol. The molecule has 5 heteroatoms. The van der Waals surface area contributed by atoms with Crippen LogP contribution in [-0.2, 0) is 4.79 Å². The highest BCUT2D eigenvalue weighted by Gasteiger charge is 2.27. The lowest BCUT2D eigenvalue weighted by molar-refractivity contribution is -0.135. The molecule has 0 spiro atoms. The number of carboxylic acid groups (broad SMARTS) is 1. The number of benzene rings is 1. The largest absolute Gasteiger partial charge is 0.480 e. The minimum Gasteiger partial charge on any atom is -0.480 e. The Bertz CT molecular complexity index is 535. The zero-order chi connectivity index (χ0) is 14.5. The Balaban J connectivity index is 2.32. The molecule has 1 aliphatic rings. The van der Waals surface area contributed by atoms with Crippen molar-refractivity contribution in [3.63, 3.8) is 0 Å². The molecule has 20 heavy (non-hydrogen) atoms. The van der Waals surface area contributed by atoms with Gasteiger partial charge in [0.05, 0.1) is 11.3 Å². The Hall–Kier alpha value is -1.67. The van der Waals surface area contributed by atoms with Gasteiger partial charge in [0.2, 0.25) is 0 Å². The third-order valence-electron chi connectivity index (χ3n) is 3.26. The average molecular weight is 290 g/mol. The topological polar surface area (TPSA) is 64.3 Å². The first-order valence-corrected chi connectivity index (χ1v) is 7.77. The number of thioether (sulfide) groups is 1. The van der Waals surface area contributed by atoms with E-state index in [1.54, 1.807) is 11.8 Å². The third kappa shape index (κ3) is 3.67. The van der Waals surface area contributed by atoms with Crippen molar-refractivity contribution in [3.8, 4) is 6.07 Å². The highest BCUT2D eigenvalue weighted by molar-refractivity contribution is 7.99. The number of aliphatic carboxylic acids is 1. The molecule has 0 saturated heterocycles. The second kappa shape index (κ2) is 6.67. The number of anilines is 1. The van der Waals surface area contributed by atoms with Crippen LogP contribution in [0.2, 0.25) is 0 Å². The van der Waals surface area contributed by atoms with Crippen LogP contribution in [0.3, 0.4) is 0 Å². The fourth-order valence-corrected chi connectivity index (χ4v) is 2.98. The van der Waals surface area contributed by atoms with E-state index in [-0.39, 0.29) is 6.54 Å². The summed E-state index contributed by atoms with van der Waals surface area (Å²) in [7, 11) is 0. The maximum atomic E-state index is 11.1. The number of carboxylic acids is 1. The molecular formula is C15H18N2O2S. The summed E-state index contributed by atoms with van der Waals surface area (Å²) < 4.78 is 0. The molecule has 2 rings (SSSR count). The Morgan fingerprint density at radius 2 is 2.30 bits per heavy atom. The number of rotatable bonds is 7. The summed E-state index contributed by atoms with van der Waals surface area (Å²) in [4.78, 5) is 13.8. The predicted octanol–water partition coefficient (Wildman–Crippen LogP) is 2.97. The highest BCUT2D eigenvalue weighted by Crippen LogP contribution is 2.34. The summed E-state index contributed by atoms with van der Waals surface area (Å²) in [5, 5.41) is 18.5. The van der Waals surface area contributed by atoms with Gasteiger partial charge in [-0.05, 0) is 36.6 Å². The normalized spacial score (nSPS) is 13.8. The molecule has 1 N–H and O–H groups in total. The molecule has 106 valence electrons. The van der Waals surface area contributed by atoms with Gasteiger partial charge in [-0.3, -0.25) is 4.79 Å². The van der Waals surface area contributed by atoms with Crippen molar-refractivity contribution in [2.75, 3.05) is 23.7 Å². The SMILES string of the molecule is CCSc1cccc(N(CC(=O)O)CC2CC2)c1C#N. The zero-order valence-corrected chi connectivity index (χ0v) is 12.3. The maximum absolute atomic E-state index is 11.1. The van der Waals surface area contributed by atoms with Crippen molar-refractivity contribution in [2.45, 2.75) is 24.7 Å². The van der Waals surface area contributed by atoms with Crippen molar-refractivity contribution < 1.29 is 9.90 Å². The Morgan fingerprint density at radius 3 is 2.85 bits per heavy atom. The Kier molecular flexibility index (Phi) is 4.91. The second-order valence-electron chi connectivity index (χ2n) is 4.91. The van der Waals surface area contributed by atoms with Gasteiger partial charge in [0.1, 0.15) is 12.6 Å². The van der Waals surface area contributed by atoms with Gasteiger partial charge in [-0.25, -0.2) is 0 Å². The van der Waals surface area contributed by atoms with Crippen molar-refractivity contribution in [3.05, 3.63) is 23.8 Å². The van der Waals surface area contributed by atoms with Gasteiger partial charge in [-0.2, -0.15) is 5.26 Å². The van der Waals surface area contributed by atoms with Crippen LogP contribution in [0.5, 0.6) is 0 Å². The van der Waals surface area contributed by atoms with Crippen LogP contribution < -0.4 is 4.90 Å². The van der Waals surface area contributed by atoms with Gasteiger partial charge >= 0.3 is 5.97 Å². The fourth-order valence-electron chi connectivity index (χ4n) is 2.19. The summed E-state index contributed by atoms with van der Waals surface area (Å²) in [6, 6.07) is 7.91. The third-order valence-corrected chi connectivity index (χ3v) is 4.20. The minimum absolute atomic E-state index is 0.0502. The molecule has 1 aromatic rings. The molecule has 0 aliphatic heterocycles. The van der Waals surface area contributed by atoms with E-state index in [1.165, 1.54) is 0 Å². The number of hydrogen-bond acceptors (Lipinski definition) is 4. The van der Waals surface area contributed by atoms with Crippen molar-refractivity contribution in [1.82, 2.24) is 0 Å². The smallest absolute Gasteiger partial charge is 0.323 e. The van der Waals surface area contributed by atoms with E-state index in [0.29, 0.717) is 11.5 Å². The van der Waals surface area contributed by atoms with E-state index in [0.717, 1.165) is 35.7 Å². The van der Waals surface area contributed by atoms with Gasteiger partial charge in [0.25, 0.3) is 0 Å². The molecule has 1 aliphatic carbocycles. The molecule has 0 radical (unpaired) electrons. The highest BCUT2D eigenvalue weighted by atomic mass is 32.2. The summed E-state index contributed by atoms with van der Waals surface area (Å²) >= 11 is 1.61. The zero-order valence-electron chi connectivity index (χ0n) is 11.5. The van der Waals surface area contributed by atoms with Crippen LogP contribution in [0.4, 0.5) is 5.69 Å². The summed E-state index contributed by atoms with van der Waals surface area (Å²) in [6.45, 7) is 2.71. The molecular weight excluding hydrogens is 272 g/mol. The van der Waals surface area contributed by atoms with E-state index in [2.05, 4.69) is 6.07 Å². The molecule has 0 amide bonds. The van der Waals surface area contributed by atoms with Gasteiger partial charge in [-0.1, -0.05) is 13.0 Å². The second-order valence-corrected chi connectivity index (χ2v) is 6.22. The van der Waals surface area contributed by atoms with Gasteiger partial charge in [0.15, 0.2) is 0 Å². The summed E-state index contributed by atoms with van der Waals surface area (Å²) in [5.41, 5.74) is 1.35. The summed E-state index contributed by atoms with van der Waals surface area (Å²) in [6.07, 6.45) is 2.31. The van der Waals surface area contributed by atoms with E-state index >= 15 is 0 Å². The van der Waals surface area contributed by atoms with Crippen LogP contribution in [-0.4, -0.2) is 29.9 Å². The molecule has 1 saturated carbocycles. The molecule has 1 aromatic carbocycles. The molecule has 4 nitrogen and oxygen atoms in total. The monoisotopic (exact) mass is 290 g/mol. The number of hydrogen-bond donors (Lipinski definition) is 1. The van der Waals surface area contributed by atoms with Crippen LogP contribution in [0.25, 0.3) is 0 Å². The fraction of sp³-hybridized carbons (Fsp3) is 0.467. The van der Waals surface area contributed by atoms with Crippen LogP contribution in [0.1, 0.15) is 25.3 Å². The first-order chi connectivity index (χ1) is 9.65. The lowest BCUT2D eigenvalue weighted by atomic mass is 10.1. The van der Waals surface area contributed by atoms with E-state index < -0.39 is 5.97 Å². The average Bonchev–Trinajstić information content (AvgIpc) is 3.21. The van der Waals surface area contributed by atoms with Crippen LogP contribution >= 0.6 is 11.8 Å². The summed E-state index contributed by atoms with van der Waals surface area (Å²) in [5.74, 6) is 0.603. The molecule has 0 aromatic heterocycles. The van der Waals surface area contributed by atoms with Gasteiger partial charge < -0.3 is 10.0 Å². The van der Waals surface area contributed by atoms with E-state index in [4.69, 9.17) is 5.11 Å². The minimum atomic E-state index is -0.858. The molecule has 0 heterocycles. The number of nitrogens with zero attached hydrogens (tertiary/aromatic N) is 2. The molecule has 1 fully saturated rings. The Morgan fingerprint density at radius 1 is 1.55 bits per heavy atom. The maximum Gasteiger partial charge on any atom is 0.323 e. The van der Waals surface area contributed by atoms with Gasteiger partial charge in [-0.15, -0.1) is 11.8 Å². The number of carbonyl (C=O) groups is 1. The number of nitriles is 1. The molecule has 0 bridgehead atoms. The van der Waals surface area contributed by atoms with Crippen LogP contribution in [0.15, 0.2) is 23.1 Å². The van der Waals surface area contributed by atoms with E-state index in [9.17, 15) is 10.1 Å². The first-order valence-electron chi connectivity index (χ1n) is 6.78. The lowest BCUT2D eigenvalue weighted by Crippen LogP contribution is -2.32. The van der Waals surface area contributed by atoms with Gasteiger partial charge in [0, 0.05) is 11.4 Å². The van der Waals surface area contributed by atoms with Crippen molar-refractivity contribution in [1.29, 1.82) is 5.26 Å². The first kappa shape index (κ1) is 14.7. The van der Waals surface area contributed by atoms with Crippen LogP contribution in [0, 0.1) is 17.2 Å². The van der Waals surface area contributed by atoms with E-state index in [1.807, 2.05) is 30.0 Å².